The fraction of sp³-hybridized carbons (Fsp3) is 0.795. The van der Waals surface area contributed by atoms with E-state index in [-0.39, 0.29) is 26.4 Å². The van der Waals surface area contributed by atoms with Gasteiger partial charge >= 0.3 is 12.2 Å². The Hall–Kier alpha value is -2.80. The molecule has 0 atom stereocenters. The zero-order valence-corrected chi connectivity index (χ0v) is 35.4. The zero-order chi connectivity index (χ0) is 42.5. The number of aryl methyl sites for hydroxylation is 1. The molecular formula is C39H70N2O18. The molecular weight excluding hydrogens is 784 g/mol. The smallest absolute Gasteiger partial charge is 0.411 e. The molecule has 20 heteroatoms. The number of carbonyl (C=O) groups is 2. The summed E-state index contributed by atoms with van der Waals surface area (Å²) >= 11 is 0. The molecule has 0 aliphatic rings. The van der Waals surface area contributed by atoms with Gasteiger partial charge in [-0.3, -0.25) is 10.6 Å². The van der Waals surface area contributed by atoms with Crippen molar-refractivity contribution >= 4 is 23.6 Å². The van der Waals surface area contributed by atoms with Crippen LogP contribution in [-0.2, 0) is 75.8 Å². The van der Waals surface area contributed by atoms with Crippen LogP contribution in [0.15, 0.2) is 18.2 Å². The molecule has 20 nitrogen and oxygen atoms in total. The zero-order valence-electron chi connectivity index (χ0n) is 35.4. The summed E-state index contributed by atoms with van der Waals surface area (Å²) in [5.41, 5.74) is 1.68. The van der Waals surface area contributed by atoms with Crippen LogP contribution in [0.25, 0.3) is 0 Å². The molecule has 0 saturated heterocycles. The van der Waals surface area contributed by atoms with Crippen LogP contribution < -0.4 is 10.6 Å². The molecule has 0 unspecified atom stereocenters. The number of ether oxygens (including phenoxy) is 16. The van der Waals surface area contributed by atoms with Crippen molar-refractivity contribution in [3.63, 3.8) is 0 Å². The Morgan fingerprint density at radius 2 is 0.627 bits per heavy atom. The first-order chi connectivity index (χ1) is 29.1. The first-order valence-electron chi connectivity index (χ1n) is 20.0. The average molecular weight is 855 g/mol. The number of anilines is 2. The molecule has 1 aromatic carbocycles. The summed E-state index contributed by atoms with van der Waals surface area (Å²) in [6.45, 7) is 13.7. The van der Waals surface area contributed by atoms with E-state index in [0.717, 1.165) is 5.56 Å². The van der Waals surface area contributed by atoms with Crippen LogP contribution in [-0.4, -0.2) is 211 Å². The Morgan fingerprint density at radius 1 is 0.373 bits per heavy atom. The number of methoxy groups -OCH3 is 2. The normalized spacial score (nSPS) is 11.2. The lowest BCUT2D eigenvalue weighted by Gasteiger charge is -2.12. The monoisotopic (exact) mass is 854 g/mol. The minimum absolute atomic E-state index is 0.0511. The van der Waals surface area contributed by atoms with Gasteiger partial charge in [0.15, 0.2) is 0 Å². The van der Waals surface area contributed by atoms with E-state index in [1.807, 2.05) is 6.92 Å². The van der Waals surface area contributed by atoms with Gasteiger partial charge < -0.3 is 75.8 Å². The number of amides is 2. The van der Waals surface area contributed by atoms with Crippen molar-refractivity contribution in [2.24, 2.45) is 0 Å². The summed E-state index contributed by atoms with van der Waals surface area (Å²) in [5.74, 6) is 0. The van der Waals surface area contributed by atoms with Gasteiger partial charge in [0.2, 0.25) is 0 Å². The molecule has 0 aliphatic heterocycles. The van der Waals surface area contributed by atoms with Crippen molar-refractivity contribution in [3.05, 3.63) is 23.8 Å². The molecule has 1 aromatic rings. The average Bonchev–Trinajstić information content (AvgIpc) is 3.23. The van der Waals surface area contributed by atoms with E-state index in [4.69, 9.17) is 75.8 Å². The van der Waals surface area contributed by atoms with E-state index < -0.39 is 12.2 Å². The van der Waals surface area contributed by atoms with Gasteiger partial charge in [-0.25, -0.2) is 9.59 Å². The Balaban J connectivity index is 1.92. The number of rotatable bonds is 44. The Kier molecular flexibility index (Phi) is 39.8. The van der Waals surface area contributed by atoms with Gasteiger partial charge in [0.05, 0.1) is 172 Å². The first kappa shape index (κ1) is 54.2. The van der Waals surface area contributed by atoms with Crippen LogP contribution in [0.4, 0.5) is 21.0 Å². The molecule has 59 heavy (non-hydrogen) atoms. The van der Waals surface area contributed by atoms with Gasteiger partial charge in [-0.2, -0.15) is 0 Å². The van der Waals surface area contributed by atoms with Gasteiger partial charge in [-0.05, 0) is 24.6 Å². The molecule has 0 heterocycles. The molecule has 0 aromatic heterocycles. The van der Waals surface area contributed by atoms with E-state index in [1.54, 1.807) is 32.4 Å². The van der Waals surface area contributed by atoms with Crippen molar-refractivity contribution < 1.29 is 85.4 Å². The maximum atomic E-state index is 12.3. The SMILES string of the molecule is COCCOCCOCCOCCOCCOCCOCCOC(=O)Nc1ccc(C)c(NC(=O)OCCOCCOCCOCCOCCOCCOCCOC)c1. The van der Waals surface area contributed by atoms with E-state index in [0.29, 0.717) is 170 Å². The van der Waals surface area contributed by atoms with Crippen LogP contribution in [0.2, 0.25) is 0 Å². The Labute approximate surface area is 349 Å². The highest BCUT2D eigenvalue weighted by Crippen LogP contribution is 2.20. The number of nitrogens with one attached hydrogen (secondary N) is 2. The van der Waals surface area contributed by atoms with Gasteiger partial charge in [0, 0.05) is 25.6 Å². The molecule has 2 amide bonds. The Bertz CT molecular complexity index is 1090. The second-order valence-electron chi connectivity index (χ2n) is 11.9. The van der Waals surface area contributed by atoms with E-state index in [1.165, 1.54) is 0 Å². The quantitative estimate of drug-likeness (QED) is 0.0905. The molecule has 0 fully saturated rings. The maximum absolute atomic E-state index is 12.3. The van der Waals surface area contributed by atoms with Crippen LogP contribution in [0.5, 0.6) is 0 Å². The van der Waals surface area contributed by atoms with Gasteiger partial charge in [0.25, 0.3) is 0 Å². The van der Waals surface area contributed by atoms with Crippen molar-refractivity contribution in [1.29, 1.82) is 0 Å². The largest absolute Gasteiger partial charge is 0.447 e. The molecule has 0 bridgehead atoms. The van der Waals surface area contributed by atoms with Crippen molar-refractivity contribution in [3.8, 4) is 0 Å². The van der Waals surface area contributed by atoms with Crippen LogP contribution in [0.1, 0.15) is 5.56 Å². The minimum Gasteiger partial charge on any atom is -0.447 e. The lowest BCUT2D eigenvalue weighted by Crippen LogP contribution is -2.19. The minimum atomic E-state index is -0.660. The van der Waals surface area contributed by atoms with Crippen LogP contribution in [0.3, 0.4) is 0 Å². The van der Waals surface area contributed by atoms with E-state index in [2.05, 4.69) is 10.6 Å². The molecule has 1 rings (SSSR count). The molecule has 2 N–H and O–H groups in total. The number of benzene rings is 1. The fourth-order valence-electron chi connectivity index (χ4n) is 4.21. The third-order valence-electron chi connectivity index (χ3n) is 7.23. The van der Waals surface area contributed by atoms with Crippen LogP contribution in [0, 0.1) is 6.92 Å². The summed E-state index contributed by atoms with van der Waals surface area (Å²) in [5, 5.41) is 5.30. The predicted octanol–water partition coefficient (Wildman–Crippen LogP) is 2.58. The summed E-state index contributed by atoms with van der Waals surface area (Å²) in [7, 11) is 3.26. The van der Waals surface area contributed by atoms with E-state index in [9.17, 15) is 9.59 Å². The number of hydrogen-bond acceptors (Lipinski definition) is 18. The maximum Gasteiger partial charge on any atom is 0.411 e. The van der Waals surface area contributed by atoms with E-state index >= 15 is 0 Å². The highest BCUT2D eigenvalue weighted by molar-refractivity contribution is 5.89. The van der Waals surface area contributed by atoms with Gasteiger partial charge in [-0.15, -0.1) is 0 Å². The molecule has 344 valence electrons. The van der Waals surface area contributed by atoms with Crippen LogP contribution >= 0.6 is 0 Å². The lowest BCUT2D eigenvalue weighted by molar-refractivity contribution is -0.0204. The van der Waals surface area contributed by atoms with Crippen molar-refractivity contribution in [1.82, 2.24) is 0 Å². The molecule has 0 saturated carbocycles. The highest BCUT2D eigenvalue weighted by Gasteiger charge is 2.09. The second kappa shape index (κ2) is 43.3. The first-order valence-corrected chi connectivity index (χ1v) is 20.0. The number of hydrogen-bond donors (Lipinski definition) is 2. The second-order valence-corrected chi connectivity index (χ2v) is 11.9. The predicted molar refractivity (Wildman–Crippen MR) is 215 cm³/mol. The van der Waals surface area contributed by atoms with Gasteiger partial charge in [-0.1, -0.05) is 6.07 Å². The summed E-state index contributed by atoms with van der Waals surface area (Å²) < 4.78 is 85.1. The van der Waals surface area contributed by atoms with Crippen molar-refractivity contribution in [2.45, 2.75) is 6.92 Å². The third-order valence-corrected chi connectivity index (χ3v) is 7.23. The topological polar surface area (TPSA) is 206 Å². The molecule has 0 aliphatic carbocycles. The summed E-state index contributed by atoms with van der Waals surface area (Å²) in [6.07, 6.45) is -1.31. The Morgan fingerprint density at radius 3 is 0.915 bits per heavy atom. The lowest BCUT2D eigenvalue weighted by atomic mass is 10.2. The molecule has 0 radical (unpaired) electrons. The fourth-order valence-corrected chi connectivity index (χ4v) is 4.21. The summed E-state index contributed by atoms with van der Waals surface area (Å²) in [4.78, 5) is 24.5. The molecule has 0 spiro atoms. The standard InChI is InChI=1S/C39H70N2O18/c1-35-4-5-36(40-38(42)58-32-30-56-28-26-54-24-22-52-20-18-50-16-14-48-12-10-46-8-6-44-2)34-37(35)41-39(43)59-33-31-57-29-27-55-25-23-53-21-19-51-17-15-49-13-11-47-9-7-45-3/h4-5,34H,6-33H2,1-3H3,(H,40,42)(H,41,43). The third kappa shape index (κ3) is 37.9. The number of carbonyl (C=O) groups excluding carboxylic acids is 2. The summed E-state index contributed by atoms with van der Waals surface area (Å²) in [6, 6.07) is 5.05. The van der Waals surface area contributed by atoms with Crippen molar-refractivity contribution in [2.75, 3.05) is 210 Å². The highest BCUT2D eigenvalue weighted by atomic mass is 16.6. The van der Waals surface area contributed by atoms with Gasteiger partial charge in [0.1, 0.15) is 13.2 Å².